The van der Waals surface area contributed by atoms with Gasteiger partial charge in [0.1, 0.15) is 10.6 Å². The first-order chi connectivity index (χ1) is 16.9. The molecule has 2 heterocycles. The van der Waals surface area contributed by atoms with Crippen LogP contribution in [-0.4, -0.2) is 27.5 Å². The maximum Gasteiger partial charge on any atom is 0.341 e. The average Bonchev–Trinajstić information content (AvgIpc) is 3.40. The zero-order valence-corrected chi connectivity index (χ0v) is 22.1. The van der Waals surface area contributed by atoms with Gasteiger partial charge in [0.25, 0.3) is 0 Å². The average molecular weight is 546 g/mol. The number of anilines is 2. The summed E-state index contributed by atoms with van der Waals surface area (Å²) in [4.78, 5) is 13.9. The molecule has 2 N–H and O–H groups in total. The van der Waals surface area contributed by atoms with Crippen molar-refractivity contribution in [2.75, 3.05) is 17.2 Å². The first-order valence-corrected chi connectivity index (χ1v) is 12.7. The van der Waals surface area contributed by atoms with E-state index in [1.807, 2.05) is 61.7 Å². The van der Waals surface area contributed by atoms with E-state index in [2.05, 4.69) is 15.7 Å². The van der Waals surface area contributed by atoms with E-state index in [0.717, 1.165) is 21.6 Å². The number of esters is 1. The van der Waals surface area contributed by atoms with Crippen LogP contribution in [0.2, 0.25) is 10.0 Å². The van der Waals surface area contributed by atoms with Crippen LogP contribution in [0.15, 0.2) is 60.8 Å². The zero-order valence-electron chi connectivity index (χ0n) is 19.0. The Labute approximate surface area is 222 Å². The fraction of sp³-hybridized carbons (Fsp3) is 0.160. The number of hydrogen-bond donors (Lipinski definition) is 2. The second-order valence-corrected chi connectivity index (χ2v) is 10.00. The standard InChI is InChI=1S/C25H22Cl2N4O2S2/c1-3-33-24(32)22-21(17-7-5-4-6-8-17)15(2)35-23(22)29-25(34)28-20-11-12-31(30-20)14-16-9-10-18(26)19(27)13-16/h4-13H,3,14H2,1-2H3,(H2,28,29,30,34). The van der Waals surface area contributed by atoms with Gasteiger partial charge in [0.2, 0.25) is 0 Å². The summed E-state index contributed by atoms with van der Waals surface area (Å²) in [7, 11) is 0. The largest absolute Gasteiger partial charge is 0.462 e. The number of benzene rings is 2. The lowest BCUT2D eigenvalue weighted by Crippen LogP contribution is -2.20. The fourth-order valence-corrected chi connectivity index (χ4v) is 5.24. The number of nitrogens with zero attached hydrogens (tertiary/aromatic N) is 2. The molecule has 0 spiro atoms. The van der Waals surface area contributed by atoms with Crippen LogP contribution in [0.5, 0.6) is 0 Å². The molecule has 0 unspecified atom stereocenters. The number of nitrogens with one attached hydrogen (secondary N) is 2. The molecule has 0 fully saturated rings. The Morgan fingerprint density at radius 3 is 2.60 bits per heavy atom. The van der Waals surface area contributed by atoms with Gasteiger partial charge < -0.3 is 15.4 Å². The highest BCUT2D eigenvalue weighted by Gasteiger charge is 2.25. The van der Waals surface area contributed by atoms with Crippen LogP contribution in [0, 0.1) is 6.92 Å². The summed E-state index contributed by atoms with van der Waals surface area (Å²) in [5, 5.41) is 12.7. The van der Waals surface area contributed by atoms with Gasteiger partial charge in [-0.2, -0.15) is 5.10 Å². The monoisotopic (exact) mass is 544 g/mol. The van der Waals surface area contributed by atoms with Crippen molar-refractivity contribution in [3.05, 3.63) is 86.8 Å². The highest BCUT2D eigenvalue weighted by Crippen LogP contribution is 2.40. The normalized spacial score (nSPS) is 10.7. The summed E-state index contributed by atoms with van der Waals surface area (Å²) in [6, 6.07) is 17.0. The molecule has 4 aromatic rings. The number of aryl methyl sites for hydroxylation is 1. The number of thiophene rings is 1. The highest BCUT2D eigenvalue weighted by atomic mass is 35.5. The van der Waals surface area contributed by atoms with E-state index in [0.29, 0.717) is 38.1 Å². The Balaban J connectivity index is 1.51. The molecule has 35 heavy (non-hydrogen) atoms. The van der Waals surface area contributed by atoms with E-state index in [1.165, 1.54) is 11.3 Å². The van der Waals surface area contributed by atoms with Gasteiger partial charge in [-0.05, 0) is 49.3 Å². The molecule has 6 nitrogen and oxygen atoms in total. The van der Waals surface area contributed by atoms with Crippen molar-refractivity contribution in [2.24, 2.45) is 0 Å². The molecule has 0 saturated heterocycles. The second-order valence-electron chi connectivity index (χ2n) is 7.55. The van der Waals surface area contributed by atoms with Gasteiger partial charge in [-0.15, -0.1) is 11.3 Å². The summed E-state index contributed by atoms with van der Waals surface area (Å²) in [6.45, 7) is 4.56. The highest BCUT2D eigenvalue weighted by molar-refractivity contribution is 7.80. The maximum atomic E-state index is 12.9. The van der Waals surface area contributed by atoms with Crippen LogP contribution < -0.4 is 10.6 Å². The molecule has 0 bridgehead atoms. The third-order valence-corrected chi connectivity index (χ3v) is 7.03. The van der Waals surface area contributed by atoms with Crippen LogP contribution in [0.1, 0.15) is 27.7 Å². The fourth-order valence-electron chi connectivity index (χ4n) is 3.58. The number of carbonyl (C=O) groups excluding carboxylic acids is 1. The lowest BCUT2D eigenvalue weighted by atomic mass is 10.0. The van der Waals surface area contributed by atoms with Crippen molar-refractivity contribution >= 4 is 68.7 Å². The number of thiocarbonyl (C=S) groups is 1. The van der Waals surface area contributed by atoms with Crippen LogP contribution in [-0.2, 0) is 11.3 Å². The number of ether oxygens (including phenoxy) is 1. The molecule has 0 saturated carbocycles. The van der Waals surface area contributed by atoms with Gasteiger partial charge >= 0.3 is 5.97 Å². The Morgan fingerprint density at radius 1 is 1.11 bits per heavy atom. The predicted octanol–water partition coefficient (Wildman–Crippen LogP) is 7.26. The molecule has 0 aliphatic rings. The van der Waals surface area contributed by atoms with Crippen LogP contribution >= 0.6 is 46.8 Å². The summed E-state index contributed by atoms with van der Waals surface area (Å²) in [5.41, 5.74) is 3.22. The van der Waals surface area contributed by atoms with E-state index in [9.17, 15) is 4.79 Å². The second kappa shape index (κ2) is 11.2. The molecule has 0 aliphatic carbocycles. The number of hydrogen-bond acceptors (Lipinski definition) is 5. The minimum Gasteiger partial charge on any atom is -0.462 e. The first-order valence-electron chi connectivity index (χ1n) is 10.8. The lowest BCUT2D eigenvalue weighted by Gasteiger charge is -2.11. The van der Waals surface area contributed by atoms with Crippen LogP contribution in [0.25, 0.3) is 11.1 Å². The minimum atomic E-state index is -0.396. The molecule has 2 aromatic carbocycles. The summed E-state index contributed by atoms with van der Waals surface area (Å²) in [5.74, 6) is 0.170. The molecule has 180 valence electrons. The van der Waals surface area contributed by atoms with Gasteiger partial charge in [-0.1, -0.05) is 59.6 Å². The Hall–Kier alpha value is -2.91. The van der Waals surface area contributed by atoms with Crippen molar-refractivity contribution in [1.29, 1.82) is 0 Å². The molecule has 0 atom stereocenters. The van der Waals surface area contributed by atoms with Gasteiger partial charge in [0, 0.05) is 22.7 Å². The number of rotatable bonds is 7. The van der Waals surface area contributed by atoms with Crippen LogP contribution in [0.3, 0.4) is 0 Å². The molecule has 10 heteroatoms. The third-order valence-electron chi connectivity index (χ3n) is 5.06. The van der Waals surface area contributed by atoms with Gasteiger partial charge in [0.05, 0.1) is 23.2 Å². The number of carbonyl (C=O) groups is 1. The minimum absolute atomic E-state index is 0.278. The summed E-state index contributed by atoms with van der Waals surface area (Å²) < 4.78 is 7.11. The lowest BCUT2D eigenvalue weighted by molar-refractivity contribution is 0.0529. The zero-order chi connectivity index (χ0) is 24.9. The molecule has 4 rings (SSSR count). The van der Waals surface area contributed by atoms with E-state index in [4.69, 9.17) is 40.2 Å². The number of aromatic nitrogens is 2. The summed E-state index contributed by atoms with van der Waals surface area (Å²) in [6.07, 6.45) is 1.83. The van der Waals surface area contributed by atoms with Crippen molar-refractivity contribution in [3.8, 4) is 11.1 Å². The van der Waals surface area contributed by atoms with Gasteiger partial charge in [-0.25, -0.2) is 4.79 Å². The third kappa shape index (κ3) is 6.02. The van der Waals surface area contributed by atoms with Crippen molar-refractivity contribution in [2.45, 2.75) is 20.4 Å². The van der Waals surface area contributed by atoms with Gasteiger partial charge in [0.15, 0.2) is 10.9 Å². The Morgan fingerprint density at radius 2 is 1.89 bits per heavy atom. The molecule has 2 aromatic heterocycles. The van der Waals surface area contributed by atoms with Crippen LogP contribution in [0.4, 0.5) is 10.8 Å². The van der Waals surface area contributed by atoms with Gasteiger partial charge in [-0.3, -0.25) is 4.68 Å². The maximum absolute atomic E-state index is 12.9. The molecular weight excluding hydrogens is 523 g/mol. The molecule has 0 amide bonds. The number of halogens is 2. The smallest absolute Gasteiger partial charge is 0.341 e. The van der Waals surface area contributed by atoms with E-state index < -0.39 is 5.97 Å². The SMILES string of the molecule is CCOC(=O)c1c(NC(=S)Nc2ccn(Cc3ccc(Cl)c(Cl)c3)n2)sc(C)c1-c1ccccc1. The quantitative estimate of drug-likeness (QED) is 0.188. The van der Waals surface area contributed by atoms with E-state index in [-0.39, 0.29) is 6.61 Å². The van der Waals surface area contributed by atoms with Crippen molar-refractivity contribution in [1.82, 2.24) is 9.78 Å². The van der Waals surface area contributed by atoms with Crippen molar-refractivity contribution < 1.29 is 9.53 Å². The molecule has 0 aliphatic heterocycles. The predicted molar refractivity (Wildman–Crippen MR) is 148 cm³/mol. The Bertz CT molecular complexity index is 1370. The van der Waals surface area contributed by atoms with E-state index >= 15 is 0 Å². The Kier molecular flexibility index (Phi) is 8.07. The van der Waals surface area contributed by atoms with Crippen molar-refractivity contribution in [3.63, 3.8) is 0 Å². The topological polar surface area (TPSA) is 68.2 Å². The first kappa shape index (κ1) is 25.2. The molecular formula is C25H22Cl2N4O2S2. The molecule has 0 radical (unpaired) electrons. The van der Waals surface area contributed by atoms with E-state index in [1.54, 1.807) is 17.7 Å². The summed E-state index contributed by atoms with van der Waals surface area (Å²) >= 11 is 19.1.